The molecule has 2 aliphatic carbocycles. The third-order valence-corrected chi connectivity index (χ3v) is 15.7. The van der Waals surface area contributed by atoms with E-state index >= 15 is 0 Å². The maximum atomic E-state index is 14.8. The number of fused-ring (bicyclic) bond motifs is 3. The van der Waals surface area contributed by atoms with E-state index in [0.717, 1.165) is 35.4 Å². The first kappa shape index (κ1) is 41.8. The van der Waals surface area contributed by atoms with Gasteiger partial charge in [-0.15, -0.1) is 11.3 Å². The van der Waals surface area contributed by atoms with E-state index in [4.69, 9.17) is 19.4 Å². The number of carbonyl (C=O) groups excluding carboxylic acids is 3. The average molecular weight is 858 g/mol. The Balaban J connectivity index is 1.14. The number of nitrogens with one attached hydrogen (secondary N) is 2. The zero-order valence-corrected chi connectivity index (χ0v) is 36.0. The van der Waals surface area contributed by atoms with Crippen LogP contribution in [0.2, 0.25) is 0 Å². The summed E-state index contributed by atoms with van der Waals surface area (Å²) in [4.78, 5) is 55.0. The lowest BCUT2D eigenvalue weighted by Gasteiger charge is -2.30. The van der Waals surface area contributed by atoms with Crippen LogP contribution in [-0.4, -0.2) is 77.5 Å². The van der Waals surface area contributed by atoms with Crippen LogP contribution in [0.5, 0.6) is 11.6 Å². The van der Waals surface area contributed by atoms with Crippen LogP contribution >= 0.6 is 11.3 Å². The van der Waals surface area contributed by atoms with Gasteiger partial charge in [0.2, 0.25) is 27.7 Å². The molecular weight excluding hydrogens is 806 g/mol. The molecule has 4 aromatic rings. The van der Waals surface area contributed by atoms with Crippen molar-refractivity contribution >= 4 is 55.4 Å². The van der Waals surface area contributed by atoms with Crippen LogP contribution in [0.3, 0.4) is 0 Å². The van der Waals surface area contributed by atoms with E-state index in [2.05, 4.69) is 23.9 Å². The van der Waals surface area contributed by atoms with Crippen LogP contribution in [0.25, 0.3) is 21.5 Å². The Morgan fingerprint density at radius 1 is 1.07 bits per heavy atom. The van der Waals surface area contributed by atoms with E-state index in [1.807, 2.05) is 41.8 Å². The van der Waals surface area contributed by atoms with Gasteiger partial charge in [0.25, 0.3) is 0 Å². The second kappa shape index (κ2) is 16.5. The van der Waals surface area contributed by atoms with Gasteiger partial charge in [0.1, 0.15) is 34.4 Å². The standard InChI is InChI=1S/C45H52FN5O7S2/c1-27(2)37-26-59-41(49-37)36-20-28-19-32(57-4)15-16-34(28)40(48-36)58-33-22-38-39(52)24-45(43(54)50-60(55,56)44(3)17-18-44)23-29(45)11-8-6-5-7-9-14-35(42(53)51(38)25-33)47-31-13-10-12-30(46)21-31/h8,10-13,15-16,19-21,26-27,29,33,35,38,47H,5-7,9,14,17-18,22-25H2,1-4H3,(H,50,54)/b11-8-/t29-,33+,35-,38-,45+/m0/s1. The van der Waals surface area contributed by atoms with Crippen LogP contribution in [0, 0.1) is 17.2 Å². The number of ether oxygens (including phenoxy) is 2. The van der Waals surface area contributed by atoms with Crippen molar-refractivity contribution in [3.8, 4) is 22.3 Å². The van der Waals surface area contributed by atoms with E-state index in [1.165, 1.54) is 28.4 Å². The van der Waals surface area contributed by atoms with Crippen LogP contribution < -0.4 is 19.5 Å². The molecule has 8 rings (SSSR count). The summed E-state index contributed by atoms with van der Waals surface area (Å²) >= 11 is 1.49. The van der Waals surface area contributed by atoms with Gasteiger partial charge in [0, 0.05) is 29.3 Å². The highest BCUT2D eigenvalue weighted by molar-refractivity contribution is 7.91. The molecule has 0 unspecified atom stereocenters. The summed E-state index contributed by atoms with van der Waals surface area (Å²) in [6.45, 7) is 5.82. The first-order chi connectivity index (χ1) is 28.7. The van der Waals surface area contributed by atoms with E-state index in [9.17, 15) is 27.2 Å². The molecule has 15 heteroatoms. The molecule has 2 amide bonds. The third-order valence-electron chi connectivity index (χ3n) is 12.6. The summed E-state index contributed by atoms with van der Waals surface area (Å²) in [5.74, 6) is -0.954. The Labute approximate surface area is 354 Å². The van der Waals surface area contributed by atoms with E-state index in [1.54, 1.807) is 26.2 Å². The first-order valence-corrected chi connectivity index (χ1v) is 23.2. The largest absolute Gasteiger partial charge is 0.497 e. The van der Waals surface area contributed by atoms with Gasteiger partial charge in [0.05, 0.1) is 35.6 Å². The Hall–Kier alpha value is -4.89. The number of halogens is 1. The Morgan fingerprint density at radius 2 is 1.88 bits per heavy atom. The highest BCUT2D eigenvalue weighted by atomic mass is 32.2. The number of allylic oxidation sites excluding steroid dienone is 2. The highest BCUT2D eigenvalue weighted by Crippen LogP contribution is 2.57. The molecule has 2 saturated carbocycles. The molecule has 4 aliphatic rings. The Kier molecular flexibility index (Phi) is 11.5. The Bertz CT molecular complexity index is 2450. The molecule has 0 spiro atoms. The minimum Gasteiger partial charge on any atom is -0.497 e. The number of sulfonamides is 1. The highest BCUT2D eigenvalue weighted by Gasteiger charge is 2.62. The molecule has 2 aromatic heterocycles. The van der Waals surface area contributed by atoms with Crippen molar-refractivity contribution in [2.24, 2.45) is 11.3 Å². The topological polar surface area (TPSA) is 157 Å². The predicted octanol–water partition coefficient (Wildman–Crippen LogP) is 7.94. The monoisotopic (exact) mass is 857 g/mol. The van der Waals surface area contributed by atoms with Gasteiger partial charge in [-0.2, -0.15) is 0 Å². The molecule has 318 valence electrons. The van der Waals surface area contributed by atoms with Gasteiger partial charge >= 0.3 is 0 Å². The number of nitrogens with zero attached hydrogens (tertiary/aromatic N) is 3. The van der Waals surface area contributed by atoms with E-state index in [0.29, 0.717) is 60.5 Å². The molecule has 2 aliphatic heterocycles. The van der Waals surface area contributed by atoms with Gasteiger partial charge in [-0.3, -0.25) is 19.1 Å². The fourth-order valence-corrected chi connectivity index (χ4v) is 10.7. The number of aromatic nitrogens is 2. The molecule has 0 radical (unpaired) electrons. The molecule has 0 bridgehead atoms. The maximum Gasteiger partial charge on any atom is 0.245 e. The molecule has 3 fully saturated rings. The fourth-order valence-electron chi connectivity index (χ4n) is 8.42. The van der Waals surface area contributed by atoms with Gasteiger partial charge in [-0.05, 0) is 105 Å². The van der Waals surface area contributed by atoms with Crippen molar-refractivity contribution in [1.82, 2.24) is 19.6 Å². The number of anilines is 1. The van der Waals surface area contributed by atoms with Crippen LogP contribution in [0.1, 0.15) is 96.6 Å². The molecule has 12 nitrogen and oxygen atoms in total. The van der Waals surface area contributed by atoms with Crippen molar-refractivity contribution in [1.29, 1.82) is 0 Å². The van der Waals surface area contributed by atoms with Gasteiger partial charge < -0.3 is 19.7 Å². The molecular formula is C45H52FN5O7S2. The summed E-state index contributed by atoms with van der Waals surface area (Å²) in [7, 11) is -2.36. The quantitative estimate of drug-likeness (QED) is 0.150. The smallest absolute Gasteiger partial charge is 0.245 e. The predicted molar refractivity (Wildman–Crippen MR) is 229 cm³/mol. The van der Waals surface area contributed by atoms with Crippen molar-refractivity contribution in [2.75, 3.05) is 19.0 Å². The first-order valence-electron chi connectivity index (χ1n) is 20.9. The fraction of sp³-hybridized carbons (Fsp3) is 0.489. The number of Topliss-reactive ketones (excluding diaryl/α,β-unsaturated/α-hetero) is 1. The molecule has 2 N–H and O–H groups in total. The van der Waals surface area contributed by atoms with Gasteiger partial charge in [-0.1, -0.05) is 44.9 Å². The summed E-state index contributed by atoms with van der Waals surface area (Å²) in [5.41, 5.74) is 0.727. The number of carbonyl (C=O) groups is 3. The van der Waals surface area contributed by atoms with E-state index in [-0.39, 0.29) is 42.9 Å². The Morgan fingerprint density at radius 3 is 2.62 bits per heavy atom. The molecule has 4 heterocycles. The zero-order chi connectivity index (χ0) is 42.4. The lowest BCUT2D eigenvalue weighted by atomic mass is 9.91. The number of pyridine rings is 1. The minimum absolute atomic E-state index is 0.0458. The maximum absolute atomic E-state index is 14.8. The van der Waals surface area contributed by atoms with Crippen molar-refractivity contribution in [2.45, 2.75) is 114 Å². The summed E-state index contributed by atoms with van der Waals surface area (Å²) in [5, 5.41) is 7.51. The second-order valence-electron chi connectivity index (χ2n) is 17.4. The minimum atomic E-state index is -3.96. The molecule has 60 heavy (non-hydrogen) atoms. The van der Waals surface area contributed by atoms with E-state index < -0.39 is 50.1 Å². The molecule has 2 aromatic carbocycles. The molecule has 1 saturated heterocycles. The number of ketones is 1. The van der Waals surface area contributed by atoms with Gasteiger partial charge in [0.15, 0.2) is 5.78 Å². The van der Waals surface area contributed by atoms with Crippen LogP contribution in [0.4, 0.5) is 10.1 Å². The van der Waals surface area contributed by atoms with Crippen LogP contribution in [-0.2, 0) is 24.4 Å². The number of rotatable bonds is 10. The summed E-state index contributed by atoms with van der Waals surface area (Å²) in [6.07, 6.45) is 7.91. The second-order valence-corrected chi connectivity index (χ2v) is 20.4. The number of methoxy groups -OCH3 is 1. The number of amides is 2. The SMILES string of the molecule is COc1ccc2c(O[C@@H]3C[C@H]4C(=O)C[C@]5(C(=O)NS(=O)(=O)C6(C)CC6)C[C@@H]5/C=C\CCCCC[C@H](Nc5cccc(F)c5)C(=O)N4C3)nc(-c3nc(C(C)C)cs3)cc2c1. The lowest BCUT2D eigenvalue weighted by Crippen LogP contribution is -2.49. The average Bonchev–Trinajstić information content (AvgIpc) is 3.99. The van der Waals surface area contributed by atoms with Crippen molar-refractivity contribution in [3.05, 3.63) is 77.6 Å². The van der Waals surface area contributed by atoms with Crippen molar-refractivity contribution < 1.29 is 36.7 Å². The number of benzene rings is 2. The zero-order valence-electron chi connectivity index (χ0n) is 34.4. The van der Waals surface area contributed by atoms with Crippen LogP contribution in [0.15, 0.2) is 66.1 Å². The van der Waals surface area contributed by atoms with Gasteiger partial charge in [-0.25, -0.2) is 22.8 Å². The number of hydrogen-bond acceptors (Lipinski definition) is 11. The number of thiazole rings is 1. The summed E-state index contributed by atoms with van der Waals surface area (Å²) in [6, 6.07) is 11.7. The number of hydrogen-bond donors (Lipinski definition) is 2. The van der Waals surface area contributed by atoms with Crippen molar-refractivity contribution in [3.63, 3.8) is 0 Å². The third kappa shape index (κ3) is 8.52. The molecule has 5 atom stereocenters. The lowest BCUT2D eigenvalue weighted by molar-refractivity contribution is -0.139. The normalized spacial score (nSPS) is 26.1. The summed E-state index contributed by atoms with van der Waals surface area (Å²) < 4.78 is 54.6.